The van der Waals surface area contributed by atoms with E-state index in [1.807, 2.05) is 78.9 Å². The SMILES string of the molecule is c1ccc(-c2nc(-c3ccccc3)nc(-c3cccc4c3oc3c(-c5ccc6c(c5)c5c7c(ccc5n6-c5ccccc5)oc5ccccc57)cccc34)n2)cc1. The quantitative estimate of drug-likeness (QED) is 0.176. The molecule has 0 bridgehead atoms. The van der Waals surface area contributed by atoms with E-state index in [1.165, 1.54) is 0 Å². The van der Waals surface area contributed by atoms with Gasteiger partial charge in [0.2, 0.25) is 0 Å². The molecular formula is C51H30N4O2. The van der Waals surface area contributed by atoms with E-state index in [0.717, 1.165) is 99.2 Å². The Labute approximate surface area is 325 Å². The Bertz CT molecular complexity index is 3450. The van der Waals surface area contributed by atoms with Gasteiger partial charge >= 0.3 is 0 Å². The maximum absolute atomic E-state index is 6.98. The van der Waals surface area contributed by atoms with Gasteiger partial charge < -0.3 is 13.4 Å². The predicted molar refractivity (Wildman–Crippen MR) is 230 cm³/mol. The molecule has 0 saturated carbocycles. The van der Waals surface area contributed by atoms with Crippen LogP contribution in [0.25, 0.3) is 117 Å². The van der Waals surface area contributed by atoms with Crippen LogP contribution in [0.2, 0.25) is 0 Å². The fraction of sp³-hybridized carbons (Fsp3) is 0. The summed E-state index contributed by atoms with van der Waals surface area (Å²) in [6.07, 6.45) is 0. The maximum atomic E-state index is 6.98. The van der Waals surface area contributed by atoms with Crippen molar-refractivity contribution >= 4 is 65.7 Å². The van der Waals surface area contributed by atoms with Crippen LogP contribution >= 0.6 is 0 Å². The Morgan fingerprint density at radius 1 is 0.351 bits per heavy atom. The van der Waals surface area contributed by atoms with E-state index in [0.29, 0.717) is 17.5 Å². The molecule has 0 radical (unpaired) electrons. The highest BCUT2D eigenvalue weighted by molar-refractivity contribution is 6.28. The molecule has 0 amide bonds. The number of fused-ring (bicyclic) bond motifs is 10. The molecule has 0 spiro atoms. The largest absolute Gasteiger partial charge is 0.456 e. The summed E-state index contributed by atoms with van der Waals surface area (Å²) < 4.78 is 15.7. The fourth-order valence-corrected chi connectivity index (χ4v) is 8.50. The van der Waals surface area contributed by atoms with Crippen LogP contribution in [-0.2, 0) is 0 Å². The molecule has 8 aromatic carbocycles. The average Bonchev–Trinajstić information content (AvgIpc) is 3.96. The summed E-state index contributed by atoms with van der Waals surface area (Å²) in [6, 6.07) is 62.6. The number of hydrogen-bond acceptors (Lipinski definition) is 5. The molecular weight excluding hydrogens is 701 g/mol. The number of benzene rings is 8. The zero-order valence-electron chi connectivity index (χ0n) is 30.4. The van der Waals surface area contributed by atoms with Crippen LogP contribution in [-0.4, -0.2) is 19.5 Å². The lowest BCUT2D eigenvalue weighted by Crippen LogP contribution is -2.00. The van der Waals surface area contributed by atoms with Crippen LogP contribution in [0.1, 0.15) is 0 Å². The third kappa shape index (κ3) is 4.87. The van der Waals surface area contributed by atoms with Crippen molar-refractivity contribution in [1.29, 1.82) is 0 Å². The topological polar surface area (TPSA) is 69.9 Å². The normalized spacial score (nSPS) is 11.9. The van der Waals surface area contributed by atoms with Crippen LogP contribution < -0.4 is 0 Å². The minimum Gasteiger partial charge on any atom is -0.456 e. The van der Waals surface area contributed by atoms with Crippen LogP contribution in [0.3, 0.4) is 0 Å². The lowest BCUT2D eigenvalue weighted by atomic mass is 9.99. The number of hydrogen-bond donors (Lipinski definition) is 0. The summed E-state index contributed by atoms with van der Waals surface area (Å²) in [4.78, 5) is 15.0. The number of furan rings is 2. The van der Waals surface area contributed by atoms with Crippen LogP contribution in [0.15, 0.2) is 191 Å². The highest BCUT2D eigenvalue weighted by Gasteiger charge is 2.22. The zero-order valence-corrected chi connectivity index (χ0v) is 30.4. The van der Waals surface area contributed by atoms with Gasteiger partial charge in [0, 0.05) is 54.7 Å². The van der Waals surface area contributed by atoms with E-state index in [9.17, 15) is 0 Å². The molecule has 0 fully saturated rings. The summed E-state index contributed by atoms with van der Waals surface area (Å²) in [6.45, 7) is 0. The van der Waals surface area contributed by atoms with Gasteiger partial charge in [-0.2, -0.15) is 0 Å². The van der Waals surface area contributed by atoms with Gasteiger partial charge in [-0.05, 0) is 54.1 Å². The van der Waals surface area contributed by atoms with Crippen molar-refractivity contribution in [2.45, 2.75) is 0 Å². The van der Waals surface area contributed by atoms with Gasteiger partial charge in [0.1, 0.15) is 22.3 Å². The second-order valence-electron chi connectivity index (χ2n) is 14.3. The Morgan fingerprint density at radius 2 is 0.930 bits per heavy atom. The van der Waals surface area contributed by atoms with Gasteiger partial charge in [0.25, 0.3) is 0 Å². The van der Waals surface area contributed by atoms with Crippen molar-refractivity contribution in [2.75, 3.05) is 0 Å². The smallest absolute Gasteiger partial charge is 0.167 e. The molecule has 0 atom stereocenters. The molecule has 0 aliphatic heterocycles. The first kappa shape index (κ1) is 31.5. The van der Waals surface area contributed by atoms with Crippen molar-refractivity contribution in [1.82, 2.24) is 19.5 Å². The highest BCUT2D eigenvalue weighted by atomic mass is 16.3. The van der Waals surface area contributed by atoms with Gasteiger partial charge in [-0.3, -0.25) is 0 Å². The molecule has 0 saturated heterocycles. The molecule has 0 unspecified atom stereocenters. The van der Waals surface area contributed by atoms with Crippen molar-refractivity contribution in [3.63, 3.8) is 0 Å². The summed E-state index contributed by atoms with van der Waals surface area (Å²) in [5.74, 6) is 1.77. The third-order valence-corrected chi connectivity index (χ3v) is 11.1. The molecule has 12 aromatic rings. The second-order valence-corrected chi connectivity index (χ2v) is 14.3. The second kappa shape index (κ2) is 12.3. The Balaban J connectivity index is 1.09. The van der Waals surface area contributed by atoms with E-state index in [1.54, 1.807) is 0 Å². The van der Waals surface area contributed by atoms with Gasteiger partial charge in [0.15, 0.2) is 17.5 Å². The van der Waals surface area contributed by atoms with E-state index in [4.69, 9.17) is 23.8 Å². The first-order valence-corrected chi connectivity index (χ1v) is 19.0. The van der Waals surface area contributed by atoms with Crippen LogP contribution in [0.5, 0.6) is 0 Å². The number of aromatic nitrogens is 4. The monoisotopic (exact) mass is 730 g/mol. The molecule has 266 valence electrons. The van der Waals surface area contributed by atoms with Gasteiger partial charge in [-0.1, -0.05) is 133 Å². The van der Waals surface area contributed by atoms with Crippen molar-refractivity contribution in [3.05, 3.63) is 182 Å². The molecule has 0 aliphatic carbocycles. The molecule has 12 rings (SSSR count). The van der Waals surface area contributed by atoms with E-state index < -0.39 is 0 Å². The molecule has 57 heavy (non-hydrogen) atoms. The molecule has 0 aliphatic rings. The molecule has 6 nitrogen and oxygen atoms in total. The highest BCUT2D eigenvalue weighted by Crippen LogP contribution is 2.44. The molecule has 6 heteroatoms. The number of rotatable bonds is 5. The molecule has 4 aromatic heterocycles. The predicted octanol–water partition coefficient (Wildman–Crippen LogP) is 13.4. The van der Waals surface area contributed by atoms with E-state index in [2.05, 4.69) is 108 Å². The Hall–Kier alpha value is -7.83. The average molecular weight is 731 g/mol. The Morgan fingerprint density at radius 3 is 1.65 bits per heavy atom. The lowest BCUT2D eigenvalue weighted by Gasteiger charge is -2.08. The standard InChI is InChI=1S/C51H30N4O2/c1-4-14-31(15-5-1)49-52-50(32-16-6-2-7-17-32)54-51(53-49)39-24-13-23-37-36-22-12-21-35(47(36)57-48(37)39)33-26-27-41-40(30-33)45-42(55(41)34-18-8-3-9-19-34)28-29-44-46(45)38-20-10-11-25-43(38)56-44/h1-30H. The van der Waals surface area contributed by atoms with Crippen molar-refractivity contribution in [2.24, 2.45) is 0 Å². The van der Waals surface area contributed by atoms with E-state index >= 15 is 0 Å². The van der Waals surface area contributed by atoms with Gasteiger partial charge in [-0.25, -0.2) is 15.0 Å². The summed E-state index contributed by atoms with van der Waals surface area (Å²) >= 11 is 0. The van der Waals surface area contributed by atoms with Crippen LogP contribution in [0, 0.1) is 0 Å². The number of para-hydroxylation sites is 4. The lowest BCUT2D eigenvalue weighted by molar-refractivity contribution is 0.669. The summed E-state index contributed by atoms with van der Waals surface area (Å²) in [5.41, 5.74) is 11.4. The zero-order chi connectivity index (χ0) is 37.5. The van der Waals surface area contributed by atoms with Crippen molar-refractivity contribution in [3.8, 4) is 51.0 Å². The van der Waals surface area contributed by atoms with Gasteiger partial charge in [-0.15, -0.1) is 0 Å². The Kier molecular flexibility index (Phi) is 6.83. The minimum absolute atomic E-state index is 0.556. The summed E-state index contributed by atoms with van der Waals surface area (Å²) in [7, 11) is 0. The first-order valence-electron chi connectivity index (χ1n) is 19.0. The van der Waals surface area contributed by atoms with Crippen LogP contribution in [0.4, 0.5) is 0 Å². The third-order valence-electron chi connectivity index (χ3n) is 11.1. The fourth-order valence-electron chi connectivity index (χ4n) is 8.50. The van der Waals surface area contributed by atoms with Gasteiger partial charge in [0.05, 0.1) is 16.6 Å². The van der Waals surface area contributed by atoms with E-state index in [-0.39, 0.29) is 0 Å². The number of nitrogens with zero attached hydrogens (tertiary/aromatic N) is 4. The molecule has 0 N–H and O–H groups in total. The van der Waals surface area contributed by atoms with Crippen molar-refractivity contribution < 1.29 is 8.83 Å². The maximum Gasteiger partial charge on any atom is 0.167 e. The summed E-state index contributed by atoms with van der Waals surface area (Å²) in [5, 5.41) is 6.56. The first-order chi connectivity index (χ1) is 28.3. The minimum atomic E-state index is 0.556. The molecule has 4 heterocycles.